The summed E-state index contributed by atoms with van der Waals surface area (Å²) in [4.78, 5) is 18.1. The average Bonchev–Trinajstić information content (AvgIpc) is 3.25. The van der Waals surface area contributed by atoms with Crippen LogP contribution in [0.5, 0.6) is 11.5 Å². The van der Waals surface area contributed by atoms with Crippen LogP contribution in [0, 0.1) is 16.7 Å². The second-order valence-corrected chi connectivity index (χ2v) is 9.40. The number of hydrogen-bond donors (Lipinski definition) is 1. The number of carbonyl (C=O) groups excluding carboxylic acids is 1. The summed E-state index contributed by atoms with van der Waals surface area (Å²) in [5, 5.41) is 17.4. The second kappa shape index (κ2) is 8.03. The summed E-state index contributed by atoms with van der Waals surface area (Å²) < 4.78 is 12.6. The number of anilines is 1. The molecule has 0 saturated heterocycles. The van der Waals surface area contributed by atoms with Crippen LogP contribution in [0.3, 0.4) is 0 Å². The molecule has 1 aliphatic heterocycles. The van der Waals surface area contributed by atoms with Crippen molar-refractivity contribution < 1.29 is 14.3 Å². The van der Waals surface area contributed by atoms with Crippen molar-refractivity contribution in [3.63, 3.8) is 0 Å². The lowest BCUT2D eigenvalue weighted by molar-refractivity contribution is -0.118. The summed E-state index contributed by atoms with van der Waals surface area (Å²) in [5.41, 5.74) is 3.61. The monoisotopic (exact) mass is 455 g/mol. The molecule has 1 N–H and O–H groups in total. The van der Waals surface area contributed by atoms with E-state index in [4.69, 9.17) is 19.6 Å². The Morgan fingerprint density at radius 3 is 2.38 bits per heavy atom. The molecule has 3 aromatic rings. The number of ether oxygens (including phenoxy) is 2. The van der Waals surface area contributed by atoms with Gasteiger partial charge in [0.05, 0.1) is 25.9 Å². The quantitative estimate of drug-likeness (QED) is 0.618. The van der Waals surface area contributed by atoms with Crippen molar-refractivity contribution in [3.8, 4) is 29.0 Å². The summed E-state index contributed by atoms with van der Waals surface area (Å²) in [6.45, 7) is 4.20. The topological polar surface area (TPSA) is 102 Å². The molecule has 8 nitrogen and oxygen atoms in total. The van der Waals surface area contributed by atoms with E-state index < -0.39 is 6.04 Å². The van der Waals surface area contributed by atoms with Crippen LogP contribution in [0.25, 0.3) is 11.4 Å². The van der Waals surface area contributed by atoms with Gasteiger partial charge in [0, 0.05) is 29.3 Å². The van der Waals surface area contributed by atoms with Crippen molar-refractivity contribution in [2.45, 2.75) is 32.7 Å². The summed E-state index contributed by atoms with van der Waals surface area (Å²) in [6.07, 6.45) is 1.19. The number of fused-ring (bicyclic) bond motifs is 1. The molecule has 172 valence electrons. The van der Waals surface area contributed by atoms with Gasteiger partial charge in [-0.15, -0.1) is 5.10 Å². The SMILES string of the molecule is COc1cc(OC)cc(-c2nc3n(n2)C(c2ccc(C#N)cc2)C2=C(CC(C)(C)CC2=O)N3)c1. The van der Waals surface area contributed by atoms with Crippen molar-refractivity contribution in [1.29, 1.82) is 5.26 Å². The molecule has 2 heterocycles. The minimum atomic E-state index is -0.434. The number of carbonyl (C=O) groups is 1. The number of methoxy groups -OCH3 is 2. The Hall–Kier alpha value is -4.12. The molecule has 1 aromatic heterocycles. The molecule has 0 amide bonds. The van der Waals surface area contributed by atoms with E-state index in [0.29, 0.717) is 40.8 Å². The summed E-state index contributed by atoms with van der Waals surface area (Å²) in [5.74, 6) is 2.42. The zero-order valence-electron chi connectivity index (χ0n) is 19.5. The number of ketones is 1. The highest BCUT2D eigenvalue weighted by atomic mass is 16.5. The van der Waals surface area contributed by atoms with Gasteiger partial charge in [-0.05, 0) is 41.7 Å². The van der Waals surface area contributed by atoms with Crippen LogP contribution >= 0.6 is 0 Å². The molecule has 0 radical (unpaired) electrons. The van der Waals surface area contributed by atoms with Gasteiger partial charge in [-0.2, -0.15) is 10.2 Å². The molecule has 0 saturated carbocycles. The standard InChI is InChI=1S/C26H25N5O3/c1-26(2)12-20-22(21(32)13-26)23(16-7-5-15(14-27)6-8-16)31-25(28-20)29-24(30-31)17-9-18(33-3)11-19(10-17)34-4/h5-11,23H,12-13H2,1-4H3,(H,28,29,30). The van der Waals surface area contributed by atoms with Crippen molar-refractivity contribution in [1.82, 2.24) is 14.8 Å². The third-order valence-electron chi connectivity index (χ3n) is 6.30. The Kier molecular flexibility index (Phi) is 5.13. The number of nitrogens with zero attached hydrogens (tertiary/aromatic N) is 4. The first-order valence-corrected chi connectivity index (χ1v) is 11.1. The zero-order chi connectivity index (χ0) is 24.0. The number of rotatable bonds is 4. The Labute approximate surface area is 197 Å². The lowest BCUT2D eigenvalue weighted by Gasteiger charge is -2.38. The van der Waals surface area contributed by atoms with Crippen molar-refractivity contribution in [2.75, 3.05) is 19.5 Å². The van der Waals surface area contributed by atoms with E-state index in [1.165, 1.54) is 0 Å². The van der Waals surface area contributed by atoms with Gasteiger partial charge in [0.25, 0.3) is 0 Å². The van der Waals surface area contributed by atoms with Crippen LogP contribution in [0.2, 0.25) is 0 Å². The van der Waals surface area contributed by atoms with E-state index >= 15 is 0 Å². The molecular formula is C26H25N5O3. The highest BCUT2D eigenvalue weighted by Gasteiger charge is 2.41. The minimum Gasteiger partial charge on any atom is -0.497 e. The molecule has 0 bridgehead atoms. The van der Waals surface area contributed by atoms with E-state index in [1.807, 2.05) is 24.3 Å². The first-order valence-electron chi connectivity index (χ1n) is 11.1. The van der Waals surface area contributed by atoms with Crippen LogP contribution < -0.4 is 14.8 Å². The normalized spacial score (nSPS) is 18.4. The number of hydrogen-bond acceptors (Lipinski definition) is 7. The molecule has 34 heavy (non-hydrogen) atoms. The smallest absolute Gasteiger partial charge is 0.226 e. The molecule has 5 rings (SSSR count). The first kappa shape index (κ1) is 21.7. The largest absolute Gasteiger partial charge is 0.497 e. The molecule has 0 spiro atoms. The van der Waals surface area contributed by atoms with Crippen LogP contribution in [0.1, 0.15) is 43.9 Å². The van der Waals surface area contributed by atoms with Gasteiger partial charge >= 0.3 is 0 Å². The van der Waals surface area contributed by atoms with Crippen LogP contribution in [-0.2, 0) is 4.79 Å². The Balaban J connectivity index is 1.67. The maximum absolute atomic E-state index is 13.4. The first-order chi connectivity index (χ1) is 16.3. The van der Waals surface area contributed by atoms with Gasteiger partial charge < -0.3 is 14.8 Å². The van der Waals surface area contributed by atoms with Crippen molar-refractivity contribution in [2.24, 2.45) is 5.41 Å². The van der Waals surface area contributed by atoms with Crippen LogP contribution in [-0.4, -0.2) is 34.8 Å². The predicted molar refractivity (Wildman–Crippen MR) is 127 cm³/mol. The highest BCUT2D eigenvalue weighted by molar-refractivity contribution is 6.00. The van der Waals surface area contributed by atoms with Gasteiger partial charge in [0.2, 0.25) is 5.95 Å². The second-order valence-electron chi connectivity index (χ2n) is 9.40. The van der Waals surface area contributed by atoms with Crippen LogP contribution in [0.4, 0.5) is 5.95 Å². The molecule has 2 aliphatic rings. The molecule has 0 fully saturated rings. The van der Waals surface area contributed by atoms with Crippen LogP contribution in [0.15, 0.2) is 53.7 Å². The van der Waals surface area contributed by atoms with E-state index in [9.17, 15) is 10.1 Å². The fraction of sp³-hybridized carbons (Fsp3) is 0.308. The highest BCUT2D eigenvalue weighted by Crippen LogP contribution is 2.45. The average molecular weight is 456 g/mol. The fourth-order valence-corrected chi connectivity index (χ4v) is 4.72. The summed E-state index contributed by atoms with van der Waals surface area (Å²) in [7, 11) is 3.19. The maximum Gasteiger partial charge on any atom is 0.226 e. The fourth-order valence-electron chi connectivity index (χ4n) is 4.72. The molecule has 8 heteroatoms. The van der Waals surface area contributed by atoms with Gasteiger partial charge in [0.1, 0.15) is 17.5 Å². The number of allylic oxidation sites excluding steroid dienone is 2. The third-order valence-corrected chi connectivity index (χ3v) is 6.30. The van der Waals surface area contributed by atoms with Gasteiger partial charge in [-0.1, -0.05) is 26.0 Å². The van der Waals surface area contributed by atoms with E-state index in [-0.39, 0.29) is 11.2 Å². The van der Waals surface area contributed by atoms with E-state index in [2.05, 4.69) is 25.2 Å². The number of aromatic nitrogens is 3. The Morgan fingerprint density at radius 1 is 1.09 bits per heavy atom. The van der Waals surface area contributed by atoms with E-state index in [1.54, 1.807) is 37.1 Å². The lowest BCUT2D eigenvalue weighted by atomic mass is 9.73. The number of Topliss-reactive ketones (excluding diaryl/α,β-unsaturated/α-hetero) is 1. The Morgan fingerprint density at radius 2 is 1.76 bits per heavy atom. The maximum atomic E-state index is 13.4. The van der Waals surface area contributed by atoms with Crippen molar-refractivity contribution >= 4 is 11.7 Å². The molecule has 2 aromatic carbocycles. The molecule has 1 unspecified atom stereocenters. The lowest BCUT2D eigenvalue weighted by Crippen LogP contribution is -2.36. The zero-order valence-corrected chi connectivity index (χ0v) is 19.5. The molecule has 1 aliphatic carbocycles. The predicted octanol–water partition coefficient (Wildman–Crippen LogP) is 4.49. The van der Waals surface area contributed by atoms with E-state index in [0.717, 1.165) is 23.2 Å². The van der Waals surface area contributed by atoms with Crippen molar-refractivity contribution in [3.05, 3.63) is 64.9 Å². The number of nitriles is 1. The van der Waals surface area contributed by atoms with Gasteiger partial charge in [-0.3, -0.25) is 4.79 Å². The number of benzene rings is 2. The molecular weight excluding hydrogens is 430 g/mol. The van der Waals surface area contributed by atoms with Gasteiger partial charge in [0.15, 0.2) is 11.6 Å². The summed E-state index contributed by atoms with van der Waals surface area (Å²) in [6, 6.07) is 14.5. The summed E-state index contributed by atoms with van der Waals surface area (Å²) >= 11 is 0. The third kappa shape index (κ3) is 3.69. The minimum absolute atomic E-state index is 0.0962. The number of nitrogens with one attached hydrogen (secondary N) is 1. The van der Waals surface area contributed by atoms with Gasteiger partial charge in [-0.25, -0.2) is 4.68 Å². The Bertz CT molecular complexity index is 1340. The molecule has 1 atom stereocenters.